The third-order valence-corrected chi connectivity index (χ3v) is 5.29. The number of hydrogen-bond acceptors (Lipinski definition) is 3. The van der Waals surface area contributed by atoms with E-state index >= 15 is 0 Å². The van der Waals surface area contributed by atoms with Gasteiger partial charge in [0.15, 0.2) is 0 Å². The van der Waals surface area contributed by atoms with Gasteiger partial charge in [0.2, 0.25) is 5.91 Å². The number of hydrogen-bond donors (Lipinski definition) is 2. The summed E-state index contributed by atoms with van der Waals surface area (Å²) < 4.78 is 0. The van der Waals surface area contributed by atoms with Gasteiger partial charge in [-0.2, -0.15) is 0 Å². The molecule has 0 aromatic rings. The largest absolute Gasteiger partial charge is 0.392 e. The van der Waals surface area contributed by atoms with E-state index in [1.807, 2.05) is 0 Å². The van der Waals surface area contributed by atoms with Gasteiger partial charge in [-0.05, 0) is 38.8 Å². The number of rotatable bonds is 4. The van der Waals surface area contributed by atoms with Gasteiger partial charge in [-0.3, -0.25) is 4.79 Å². The average Bonchev–Trinajstić information content (AvgIpc) is 2.68. The molecule has 1 saturated heterocycles. The van der Waals surface area contributed by atoms with Gasteiger partial charge in [-0.1, -0.05) is 37.9 Å². The van der Waals surface area contributed by atoms with Gasteiger partial charge in [-0.25, -0.2) is 0 Å². The highest BCUT2D eigenvalue weighted by Gasteiger charge is 2.41. The van der Waals surface area contributed by atoms with Crippen LogP contribution < -0.4 is 11.1 Å². The zero-order valence-corrected chi connectivity index (χ0v) is 13.3. The molecule has 114 valence electrons. The summed E-state index contributed by atoms with van der Waals surface area (Å²) in [6.07, 6.45) is 7.28. The van der Waals surface area contributed by atoms with Crippen LogP contribution in [-0.2, 0) is 4.79 Å². The Hall–Kier alpha value is -0.680. The Balaban J connectivity index is 1.94. The molecule has 2 fully saturated rings. The topological polar surface area (TPSA) is 58.4 Å². The van der Waals surface area contributed by atoms with Crippen molar-refractivity contribution < 1.29 is 4.79 Å². The second kappa shape index (κ2) is 6.85. The van der Waals surface area contributed by atoms with Crippen LogP contribution in [0.4, 0.5) is 0 Å². The van der Waals surface area contributed by atoms with Crippen molar-refractivity contribution in [1.82, 2.24) is 10.2 Å². The fourth-order valence-electron chi connectivity index (χ4n) is 3.52. The van der Waals surface area contributed by atoms with Gasteiger partial charge in [0.25, 0.3) is 0 Å². The van der Waals surface area contributed by atoms with Crippen molar-refractivity contribution in [3.8, 4) is 0 Å². The van der Waals surface area contributed by atoms with Gasteiger partial charge >= 0.3 is 0 Å². The molecule has 1 aliphatic heterocycles. The van der Waals surface area contributed by atoms with Crippen LogP contribution in [0, 0.1) is 11.3 Å². The second-order valence-electron chi connectivity index (χ2n) is 6.49. The maximum atomic E-state index is 12.7. The maximum absolute atomic E-state index is 12.7. The van der Waals surface area contributed by atoms with Crippen molar-refractivity contribution in [2.45, 2.75) is 44.9 Å². The second-order valence-corrected chi connectivity index (χ2v) is 6.93. The van der Waals surface area contributed by atoms with Gasteiger partial charge < -0.3 is 16.0 Å². The monoisotopic (exact) mass is 297 g/mol. The molecule has 5 heteroatoms. The highest BCUT2D eigenvalue weighted by atomic mass is 32.1. The predicted octanol–water partition coefficient (Wildman–Crippen LogP) is 1.68. The quantitative estimate of drug-likeness (QED) is 0.612. The van der Waals surface area contributed by atoms with E-state index in [1.54, 1.807) is 0 Å². The lowest BCUT2D eigenvalue weighted by molar-refractivity contribution is -0.128. The number of amides is 1. The molecule has 1 atom stereocenters. The highest BCUT2D eigenvalue weighted by Crippen LogP contribution is 2.35. The SMILES string of the molecule is CN1CCC(CNC(=O)C2(C(N)=S)CCCCCC2)C1. The van der Waals surface area contributed by atoms with E-state index in [0.717, 1.165) is 51.7 Å². The summed E-state index contributed by atoms with van der Waals surface area (Å²) in [4.78, 5) is 15.4. The van der Waals surface area contributed by atoms with Crippen molar-refractivity contribution in [2.24, 2.45) is 17.1 Å². The highest BCUT2D eigenvalue weighted by molar-refractivity contribution is 7.80. The zero-order chi connectivity index (χ0) is 14.6. The molecular weight excluding hydrogens is 270 g/mol. The van der Waals surface area contributed by atoms with Gasteiger partial charge in [0, 0.05) is 13.1 Å². The van der Waals surface area contributed by atoms with Crippen molar-refractivity contribution in [3.63, 3.8) is 0 Å². The smallest absolute Gasteiger partial charge is 0.233 e. The minimum absolute atomic E-state index is 0.0708. The van der Waals surface area contributed by atoms with Crippen LogP contribution in [0.5, 0.6) is 0 Å². The molecule has 1 saturated carbocycles. The molecule has 1 amide bonds. The molecule has 0 aromatic heterocycles. The third kappa shape index (κ3) is 3.50. The normalized spacial score (nSPS) is 26.9. The molecule has 1 heterocycles. The van der Waals surface area contributed by atoms with Crippen LogP contribution in [0.25, 0.3) is 0 Å². The Morgan fingerprint density at radius 2 is 2.00 bits per heavy atom. The average molecular weight is 297 g/mol. The summed E-state index contributed by atoms with van der Waals surface area (Å²) in [5.41, 5.74) is 5.35. The van der Waals surface area contributed by atoms with Crippen LogP contribution in [0.2, 0.25) is 0 Å². The molecule has 2 aliphatic rings. The van der Waals surface area contributed by atoms with E-state index in [9.17, 15) is 4.79 Å². The maximum Gasteiger partial charge on any atom is 0.233 e. The molecule has 0 radical (unpaired) electrons. The standard InChI is InChI=1S/C15H27N3OS/c1-18-9-6-12(11-18)10-17-14(19)15(13(16)20)7-4-2-3-5-8-15/h12H,2-11H2,1H3,(H2,16,20)(H,17,19). The number of carbonyl (C=O) groups excluding carboxylic acids is 1. The van der Waals surface area contributed by atoms with E-state index in [0.29, 0.717) is 10.9 Å². The van der Waals surface area contributed by atoms with Crippen molar-refractivity contribution in [2.75, 3.05) is 26.7 Å². The molecular formula is C15H27N3OS. The number of carbonyl (C=O) groups is 1. The molecule has 2 rings (SSSR count). The molecule has 0 aromatic carbocycles. The molecule has 3 N–H and O–H groups in total. The molecule has 0 bridgehead atoms. The summed E-state index contributed by atoms with van der Waals surface area (Å²) >= 11 is 5.24. The first-order valence-corrected chi connectivity index (χ1v) is 8.22. The van der Waals surface area contributed by atoms with Crippen molar-refractivity contribution in [3.05, 3.63) is 0 Å². The Kier molecular flexibility index (Phi) is 5.38. The first-order chi connectivity index (χ1) is 9.54. The number of nitrogens with two attached hydrogens (primary N) is 1. The third-order valence-electron chi connectivity index (χ3n) is 4.90. The Labute approximate surface area is 127 Å². The van der Waals surface area contributed by atoms with E-state index in [4.69, 9.17) is 18.0 Å². The Morgan fingerprint density at radius 3 is 2.50 bits per heavy atom. The summed E-state index contributed by atoms with van der Waals surface area (Å²) in [7, 11) is 2.13. The van der Waals surface area contributed by atoms with E-state index < -0.39 is 5.41 Å². The Bertz CT molecular complexity index is 364. The first-order valence-electron chi connectivity index (χ1n) is 7.81. The van der Waals surface area contributed by atoms with Crippen molar-refractivity contribution >= 4 is 23.1 Å². The lowest BCUT2D eigenvalue weighted by atomic mass is 9.79. The van der Waals surface area contributed by atoms with Gasteiger partial charge in [0.1, 0.15) is 0 Å². The molecule has 20 heavy (non-hydrogen) atoms. The minimum Gasteiger partial charge on any atom is -0.392 e. The summed E-state index contributed by atoms with van der Waals surface area (Å²) in [6, 6.07) is 0. The molecule has 1 unspecified atom stereocenters. The van der Waals surface area contributed by atoms with Crippen molar-refractivity contribution in [1.29, 1.82) is 0 Å². The number of nitrogens with one attached hydrogen (secondary N) is 1. The Morgan fingerprint density at radius 1 is 1.35 bits per heavy atom. The van der Waals surface area contributed by atoms with Crippen LogP contribution in [0.15, 0.2) is 0 Å². The van der Waals surface area contributed by atoms with E-state index in [-0.39, 0.29) is 5.91 Å². The summed E-state index contributed by atoms with van der Waals surface area (Å²) in [5.74, 6) is 0.638. The molecule has 4 nitrogen and oxygen atoms in total. The molecule has 1 aliphatic carbocycles. The zero-order valence-electron chi connectivity index (χ0n) is 12.5. The summed E-state index contributed by atoms with van der Waals surface area (Å²) in [5, 5.41) is 3.13. The lowest BCUT2D eigenvalue weighted by Crippen LogP contribution is -2.49. The fourth-order valence-corrected chi connectivity index (χ4v) is 3.81. The minimum atomic E-state index is -0.587. The van der Waals surface area contributed by atoms with Gasteiger partial charge in [0.05, 0.1) is 10.4 Å². The number of thiocarbonyl (C=S) groups is 1. The first kappa shape index (κ1) is 15.7. The van der Waals surface area contributed by atoms with Crippen LogP contribution >= 0.6 is 12.2 Å². The fraction of sp³-hybridized carbons (Fsp3) is 0.867. The molecule has 0 spiro atoms. The van der Waals surface area contributed by atoms with Crippen LogP contribution in [-0.4, -0.2) is 42.5 Å². The van der Waals surface area contributed by atoms with Crippen LogP contribution in [0.1, 0.15) is 44.9 Å². The predicted molar refractivity (Wildman–Crippen MR) is 85.5 cm³/mol. The van der Waals surface area contributed by atoms with Crippen LogP contribution in [0.3, 0.4) is 0 Å². The number of nitrogens with zero attached hydrogens (tertiary/aromatic N) is 1. The van der Waals surface area contributed by atoms with E-state index in [2.05, 4.69) is 17.3 Å². The number of likely N-dealkylation sites (tertiary alicyclic amines) is 1. The van der Waals surface area contributed by atoms with E-state index in [1.165, 1.54) is 12.8 Å². The lowest BCUT2D eigenvalue weighted by Gasteiger charge is -2.30. The summed E-state index contributed by atoms with van der Waals surface area (Å²) in [6.45, 7) is 2.95. The van der Waals surface area contributed by atoms with Gasteiger partial charge in [-0.15, -0.1) is 0 Å².